The summed E-state index contributed by atoms with van der Waals surface area (Å²) >= 11 is 0. The number of phenolic OH excluding ortho intramolecular Hbond substituents is 2. The second-order valence-corrected chi connectivity index (χ2v) is 8.80. The topological polar surface area (TPSA) is 60.8 Å². The van der Waals surface area contributed by atoms with Gasteiger partial charge in [0.25, 0.3) is 0 Å². The van der Waals surface area contributed by atoms with Crippen molar-refractivity contribution >= 4 is 17.2 Å². The molecule has 156 valence electrons. The molecule has 0 spiro atoms. The molecule has 1 fully saturated rings. The van der Waals surface area contributed by atoms with E-state index >= 15 is 0 Å². The number of carbonyl (C=O) groups is 1. The summed E-state index contributed by atoms with van der Waals surface area (Å²) in [4.78, 5) is 15.2. The first-order valence-corrected chi connectivity index (χ1v) is 10.5. The quantitative estimate of drug-likeness (QED) is 0.652. The van der Waals surface area contributed by atoms with E-state index in [-0.39, 0.29) is 17.4 Å². The summed E-state index contributed by atoms with van der Waals surface area (Å²) in [7, 11) is 1.82. The SMILES string of the molecule is CC1=CC(C)=C(c2cc(N(C)C(=O)C3(c4ccc(O)c(O)c4)CC3)ccc2C)CC1. The van der Waals surface area contributed by atoms with Crippen molar-refractivity contribution in [1.82, 2.24) is 0 Å². The lowest BCUT2D eigenvalue weighted by Gasteiger charge is -2.26. The van der Waals surface area contributed by atoms with Gasteiger partial charge in [-0.15, -0.1) is 0 Å². The fraction of sp³-hybridized carbons (Fsp3) is 0.346. The molecule has 0 atom stereocenters. The van der Waals surface area contributed by atoms with Gasteiger partial charge in [-0.2, -0.15) is 0 Å². The number of allylic oxidation sites excluding steroid dienone is 4. The van der Waals surface area contributed by atoms with Gasteiger partial charge in [-0.25, -0.2) is 0 Å². The molecule has 2 N–H and O–H groups in total. The van der Waals surface area contributed by atoms with Crippen LogP contribution >= 0.6 is 0 Å². The number of aromatic hydroxyl groups is 2. The Morgan fingerprint density at radius 1 is 0.967 bits per heavy atom. The molecule has 0 radical (unpaired) electrons. The maximum atomic E-state index is 13.5. The number of hydrogen-bond acceptors (Lipinski definition) is 3. The molecule has 2 aliphatic carbocycles. The van der Waals surface area contributed by atoms with E-state index in [4.69, 9.17) is 0 Å². The van der Waals surface area contributed by atoms with Crippen molar-refractivity contribution in [2.75, 3.05) is 11.9 Å². The number of hydrogen-bond donors (Lipinski definition) is 2. The summed E-state index contributed by atoms with van der Waals surface area (Å²) in [6, 6.07) is 10.9. The highest BCUT2D eigenvalue weighted by Gasteiger charge is 2.53. The summed E-state index contributed by atoms with van der Waals surface area (Å²) in [6.45, 7) is 6.45. The number of nitrogens with zero attached hydrogens (tertiary/aromatic N) is 1. The van der Waals surface area contributed by atoms with E-state index < -0.39 is 5.41 Å². The van der Waals surface area contributed by atoms with Crippen LogP contribution in [0.3, 0.4) is 0 Å². The lowest BCUT2D eigenvalue weighted by molar-refractivity contribution is -0.120. The number of phenols is 2. The number of rotatable bonds is 4. The molecule has 0 unspecified atom stereocenters. The van der Waals surface area contributed by atoms with Gasteiger partial charge in [-0.1, -0.05) is 23.8 Å². The van der Waals surface area contributed by atoms with Crippen molar-refractivity contribution in [1.29, 1.82) is 0 Å². The molecule has 1 amide bonds. The molecule has 2 aromatic rings. The van der Waals surface area contributed by atoms with Gasteiger partial charge in [0.2, 0.25) is 5.91 Å². The summed E-state index contributed by atoms with van der Waals surface area (Å²) in [5.41, 5.74) is 7.49. The van der Waals surface area contributed by atoms with Gasteiger partial charge in [0.05, 0.1) is 5.41 Å². The van der Waals surface area contributed by atoms with Gasteiger partial charge in [0, 0.05) is 12.7 Å². The third-order valence-corrected chi connectivity index (χ3v) is 6.63. The number of anilines is 1. The molecule has 4 rings (SSSR count). The van der Waals surface area contributed by atoms with Crippen molar-refractivity contribution < 1.29 is 15.0 Å². The highest BCUT2D eigenvalue weighted by atomic mass is 16.3. The molecule has 0 saturated heterocycles. The molecule has 0 bridgehead atoms. The van der Waals surface area contributed by atoms with Crippen molar-refractivity contribution in [3.63, 3.8) is 0 Å². The Hall–Kier alpha value is -3.01. The van der Waals surface area contributed by atoms with Crippen LogP contribution in [-0.2, 0) is 10.2 Å². The average Bonchev–Trinajstić information content (AvgIpc) is 3.52. The minimum Gasteiger partial charge on any atom is -0.504 e. The zero-order valence-corrected chi connectivity index (χ0v) is 18.1. The van der Waals surface area contributed by atoms with Crippen LogP contribution < -0.4 is 4.90 Å². The smallest absolute Gasteiger partial charge is 0.237 e. The Balaban J connectivity index is 1.67. The van der Waals surface area contributed by atoms with Crippen LogP contribution in [-0.4, -0.2) is 23.2 Å². The zero-order valence-electron chi connectivity index (χ0n) is 18.1. The maximum Gasteiger partial charge on any atom is 0.237 e. The highest BCUT2D eigenvalue weighted by Crippen LogP contribution is 2.51. The van der Waals surface area contributed by atoms with E-state index in [2.05, 4.69) is 39.0 Å². The number of benzene rings is 2. The molecule has 4 heteroatoms. The second-order valence-electron chi connectivity index (χ2n) is 8.80. The Morgan fingerprint density at radius 2 is 1.70 bits per heavy atom. The monoisotopic (exact) mass is 403 g/mol. The minimum atomic E-state index is -0.620. The summed E-state index contributed by atoms with van der Waals surface area (Å²) in [5.74, 6) is -0.332. The Morgan fingerprint density at radius 3 is 2.33 bits per heavy atom. The third-order valence-electron chi connectivity index (χ3n) is 6.63. The fourth-order valence-corrected chi connectivity index (χ4v) is 4.55. The number of likely N-dealkylation sites (N-methyl/N-ethyl adjacent to an activating group) is 1. The van der Waals surface area contributed by atoms with E-state index in [1.54, 1.807) is 11.0 Å². The largest absolute Gasteiger partial charge is 0.504 e. The van der Waals surface area contributed by atoms with Gasteiger partial charge in [0.1, 0.15) is 0 Å². The van der Waals surface area contributed by atoms with Crippen LogP contribution in [0.25, 0.3) is 5.57 Å². The first-order valence-electron chi connectivity index (χ1n) is 10.5. The second kappa shape index (κ2) is 7.35. The van der Waals surface area contributed by atoms with Crippen LogP contribution in [0.1, 0.15) is 56.2 Å². The van der Waals surface area contributed by atoms with Crippen molar-refractivity contribution in [2.45, 2.75) is 51.9 Å². The number of carbonyl (C=O) groups excluding carboxylic acids is 1. The Bertz CT molecular complexity index is 1090. The maximum absolute atomic E-state index is 13.5. The number of aryl methyl sites for hydroxylation is 1. The van der Waals surface area contributed by atoms with E-state index in [1.165, 1.54) is 40.0 Å². The van der Waals surface area contributed by atoms with E-state index in [9.17, 15) is 15.0 Å². The van der Waals surface area contributed by atoms with Gasteiger partial charge >= 0.3 is 0 Å². The standard InChI is InChI=1S/C26H29NO3/c1-16-5-9-21(18(3)13-16)22-15-20(8-6-17(22)2)27(4)25(30)26(11-12-26)19-7-10-23(28)24(29)14-19/h6-8,10,13-15,28-29H,5,9,11-12H2,1-4H3. The molecular formula is C26H29NO3. The number of amides is 1. The van der Waals surface area contributed by atoms with Gasteiger partial charge < -0.3 is 15.1 Å². The van der Waals surface area contributed by atoms with Crippen LogP contribution in [0.4, 0.5) is 5.69 Å². The summed E-state index contributed by atoms with van der Waals surface area (Å²) in [6.07, 6.45) is 5.84. The lowest BCUT2D eigenvalue weighted by Crippen LogP contribution is -2.36. The van der Waals surface area contributed by atoms with Crippen LogP contribution in [0.5, 0.6) is 11.5 Å². The molecule has 0 aliphatic heterocycles. The predicted octanol–water partition coefficient (Wildman–Crippen LogP) is 5.61. The van der Waals surface area contributed by atoms with Crippen molar-refractivity contribution in [3.05, 3.63) is 70.3 Å². The zero-order chi connectivity index (χ0) is 21.6. The predicted molar refractivity (Wildman–Crippen MR) is 121 cm³/mol. The van der Waals surface area contributed by atoms with Gasteiger partial charge in [0.15, 0.2) is 11.5 Å². The van der Waals surface area contributed by atoms with Crippen molar-refractivity contribution in [2.24, 2.45) is 0 Å². The average molecular weight is 404 g/mol. The van der Waals surface area contributed by atoms with Crippen LogP contribution in [0.2, 0.25) is 0 Å². The van der Waals surface area contributed by atoms with E-state index in [0.29, 0.717) is 0 Å². The molecule has 0 aromatic heterocycles. The molecule has 2 aromatic carbocycles. The molecule has 0 heterocycles. The molecule has 2 aliphatic rings. The fourth-order valence-electron chi connectivity index (χ4n) is 4.55. The van der Waals surface area contributed by atoms with Crippen LogP contribution in [0.15, 0.2) is 53.6 Å². The molecular weight excluding hydrogens is 374 g/mol. The first kappa shape index (κ1) is 20.3. The molecule has 1 saturated carbocycles. The van der Waals surface area contributed by atoms with E-state index in [0.717, 1.165) is 36.9 Å². The van der Waals surface area contributed by atoms with Gasteiger partial charge in [-0.05, 0) is 98.6 Å². The lowest BCUT2D eigenvalue weighted by atomic mass is 9.87. The Labute approximate surface area is 178 Å². The first-order chi connectivity index (χ1) is 14.2. The Kier molecular flexibility index (Phi) is 4.97. The van der Waals surface area contributed by atoms with E-state index in [1.807, 2.05) is 13.1 Å². The summed E-state index contributed by atoms with van der Waals surface area (Å²) < 4.78 is 0. The van der Waals surface area contributed by atoms with Gasteiger partial charge in [-0.3, -0.25) is 4.79 Å². The molecule has 30 heavy (non-hydrogen) atoms. The highest BCUT2D eigenvalue weighted by molar-refractivity contribution is 6.03. The molecule has 4 nitrogen and oxygen atoms in total. The van der Waals surface area contributed by atoms with Crippen LogP contribution in [0, 0.1) is 6.92 Å². The van der Waals surface area contributed by atoms with Crippen molar-refractivity contribution in [3.8, 4) is 11.5 Å². The minimum absolute atomic E-state index is 0.0208. The third kappa shape index (κ3) is 3.41. The summed E-state index contributed by atoms with van der Waals surface area (Å²) in [5, 5.41) is 19.5. The normalized spacial score (nSPS) is 17.5.